The standard InChI is InChI=1S/C21H22ClN3O5S2/c1-25(2)16-10-6-14(7-11-16)20(32(27,28)29)24-21-23-19(13-4-8-15(22)9-5-13)17(31-21)12-18(26)30-3/h4-11,20H,12H2,1-3H3,(H,23,24)(H,27,28,29). The average Bonchev–Trinajstić information content (AvgIpc) is 3.14. The summed E-state index contributed by atoms with van der Waals surface area (Å²) in [5.74, 6) is -0.457. The van der Waals surface area contributed by atoms with Gasteiger partial charge >= 0.3 is 5.97 Å². The highest BCUT2D eigenvalue weighted by molar-refractivity contribution is 7.86. The summed E-state index contributed by atoms with van der Waals surface area (Å²) in [6.07, 6.45) is -0.0398. The van der Waals surface area contributed by atoms with Crippen LogP contribution in [-0.4, -0.2) is 45.1 Å². The third-order valence-corrected chi connectivity index (χ3v) is 6.84. The molecule has 2 N–H and O–H groups in total. The number of esters is 1. The predicted molar refractivity (Wildman–Crippen MR) is 127 cm³/mol. The minimum absolute atomic E-state index is 0.0398. The van der Waals surface area contributed by atoms with Crippen LogP contribution in [0.4, 0.5) is 10.8 Å². The molecule has 8 nitrogen and oxygen atoms in total. The SMILES string of the molecule is COC(=O)Cc1sc(NC(c2ccc(N(C)C)cc2)S(=O)(=O)O)nc1-c1ccc(Cl)cc1. The van der Waals surface area contributed by atoms with E-state index in [9.17, 15) is 17.8 Å². The molecule has 3 rings (SSSR count). The van der Waals surface area contributed by atoms with Crippen LogP contribution in [0.5, 0.6) is 0 Å². The summed E-state index contributed by atoms with van der Waals surface area (Å²) in [4.78, 5) is 18.8. The molecule has 0 saturated heterocycles. The number of benzene rings is 2. The number of nitrogens with one attached hydrogen (secondary N) is 1. The third-order valence-electron chi connectivity index (χ3n) is 4.61. The highest BCUT2D eigenvalue weighted by Gasteiger charge is 2.27. The number of carbonyl (C=O) groups is 1. The van der Waals surface area contributed by atoms with E-state index >= 15 is 0 Å². The first kappa shape index (κ1) is 24.0. The van der Waals surface area contributed by atoms with Gasteiger partial charge in [0.15, 0.2) is 10.5 Å². The molecule has 32 heavy (non-hydrogen) atoms. The third kappa shape index (κ3) is 5.77. The molecule has 0 fully saturated rings. The van der Waals surface area contributed by atoms with Gasteiger partial charge in [0.1, 0.15) is 0 Å². The molecule has 1 atom stereocenters. The van der Waals surface area contributed by atoms with Crippen molar-refractivity contribution in [1.82, 2.24) is 4.98 Å². The van der Waals surface area contributed by atoms with E-state index in [1.165, 1.54) is 7.11 Å². The van der Waals surface area contributed by atoms with E-state index in [2.05, 4.69) is 10.3 Å². The van der Waals surface area contributed by atoms with Gasteiger partial charge in [0.05, 0.1) is 19.2 Å². The average molecular weight is 496 g/mol. The number of nitrogens with zero attached hydrogens (tertiary/aromatic N) is 2. The van der Waals surface area contributed by atoms with Gasteiger partial charge in [0.25, 0.3) is 10.1 Å². The van der Waals surface area contributed by atoms with Crippen LogP contribution in [0.15, 0.2) is 48.5 Å². The molecule has 0 amide bonds. The Balaban J connectivity index is 1.99. The second-order valence-corrected chi connectivity index (χ2v) is 10.1. The van der Waals surface area contributed by atoms with Crippen LogP contribution in [-0.2, 0) is 26.1 Å². The van der Waals surface area contributed by atoms with Crippen LogP contribution in [0.2, 0.25) is 5.02 Å². The van der Waals surface area contributed by atoms with Crippen LogP contribution < -0.4 is 10.2 Å². The van der Waals surface area contributed by atoms with Crippen LogP contribution in [0.1, 0.15) is 15.8 Å². The molecular formula is C21H22ClN3O5S2. The number of anilines is 2. The molecule has 3 aromatic rings. The molecule has 0 saturated carbocycles. The molecule has 1 heterocycles. The zero-order valence-electron chi connectivity index (χ0n) is 17.6. The Morgan fingerprint density at radius 2 is 1.81 bits per heavy atom. The summed E-state index contributed by atoms with van der Waals surface area (Å²) in [5.41, 5.74) is 2.42. The number of hydrogen-bond acceptors (Lipinski definition) is 8. The van der Waals surface area contributed by atoms with E-state index in [-0.39, 0.29) is 11.6 Å². The zero-order valence-corrected chi connectivity index (χ0v) is 20.0. The molecule has 1 unspecified atom stereocenters. The Labute approximate surface area is 195 Å². The summed E-state index contributed by atoms with van der Waals surface area (Å²) in [6, 6.07) is 13.6. The number of ether oxygens (including phenoxy) is 1. The second kappa shape index (κ2) is 9.86. The number of thiazole rings is 1. The summed E-state index contributed by atoms with van der Waals surface area (Å²) in [5, 5.41) is 2.13. The van der Waals surface area contributed by atoms with Crippen molar-refractivity contribution >= 4 is 49.8 Å². The van der Waals surface area contributed by atoms with Crippen molar-refractivity contribution in [3.8, 4) is 11.3 Å². The molecule has 0 aliphatic heterocycles. The molecule has 1 aromatic heterocycles. The lowest BCUT2D eigenvalue weighted by Gasteiger charge is -2.17. The summed E-state index contributed by atoms with van der Waals surface area (Å²) >= 11 is 7.08. The van der Waals surface area contributed by atoms with Gasteiger partial charge in [0, 0.05) is 35.2 Å². The van der Waals surface area contributed by atoms with Crippen LogP contribution in [0.25, 0.3) is 11.3 Å². The fourth-order valence-corrected chi connectivity index (χ4v) is 4.92. The van der Waals surface area contributed by atoms with Gasteiger partial charge in [-0.2, -0.15) is 8.42 Å². The van der Waals surface area contributed by atoms with E-state index in [1.54, 1.807) is 48.5 Å². The first-order valence-corrected chi connectivity index (χ1v) is 12.1. The Morgan fingerprint density at radius 3 is 2.34 bits per heavy atom. The summed E-state index contributed by atoms with van der Waals surface area (Å²) < 4.78 is 38.9. The fourth-order valence-electron chi connectivity index (χ4n) is 2.96. The first-order valence-electron chi connectivity index (χ1n) is 9.41. The molecule has 0 spiro atoms. The number of rotatable bonds is 8. The van der Waals surface area contributed by atoms with Gasteiger partial charge in [-0.1, -0.05) is 35.9 Å². The smallest absolute Gasteiger partial charge is 0.310 e. The number of aromatic nitrogens is 1. The Kier molecular flexibility index (Phi) is 7.40. The van der Waals surface area contributed by atoms with Gasteiger partial charge in [0.2, 0.25) is 0 Å². The lowest BCUT2D eigenvalue weighted by Crippen LogP contribution is -2.21. The van der Waals surface area contributed by atoms with Crippen molar-refractivity contribution < 1.29 is 22.5 Å². The Bertz CT molecular complexity index is 1190. The van der Waals surface area contributed by atoms with Gasteiger partial charge in [-0.25, -0.2) is 4.98 Å². The van der Waals surface area contributed by atoms with Crippen molar-refractivity contribution in [3.63, 3.8) is 0 Å². The number of hydrogen-bond donors (Lipinski definition) is 2. The van der Waals surface area contributed by atoms with Gasteiger partial charge < -0.3 is 15.0 Å². The highest BCUT2D eigenvalue weighted by atomic mass is 35.5. The normalized spacial score (nSPS) is 12.3. The van der Waals surface area contributed by atoms with Gasteiger partial charge in [-0.05, 0) is 29.8 Å². The molecule has 0 aliphatic rings. The molecule has 0 aliphatic carbocycles. The lowest BCUT2D eigenvalue weighted by atomic mass is 10.1. The summed E-state index contributed by atoms with van der Waals surface area (Å²) in [7, 11) is 0.501. The molecule has 0 radical (unpaired) electrons. The second-order valence-electron chi connectivity index (χ2n) is 7.08. The Hall–Kier alpha value is -2.66. The maximum Gasteiger partial charge on any atom is 0.310 e. The first-order chi connectivity index (χ1) is 15.1. The minimum atomic E-state index is -4.52. The van der Waals surface area contributed by atoms with Crippen molar-refractivity contribution in [2.75, 3.05) is 31.4 Å². The quantitative estimate of drug-likeness (QED) is 0.353. The molecule has 11 heteroatoms. The van der Waals surface area contributed by atoms with E-state index in [0.717, 1.165) is 17.0 Å². The maximum atomic E-state index is 12.1. The van der Waals surface area contributed by atoms with Crippen molar-refractivity contribution in [2.24, 2.45) is 0 Å². The van der Waals surface area contributed by atoms with E-state index in [4.69, 9.17) is 16.3 Å². The predicted octanol–water partition coefficient (Wildman–Crippen LogP) is 4.24. The number of carbonyl (C=O) groups excluding carboxylic acids is 1. The topological polar surface area (TPSA) is 109 Å². The molecule has 170 valence electrons. The number of methoxy groups -OCH3 is 1. The maximum absolute atomic E-state index is 12.1. The lowest BCUT2D eigenvalue weighted by molar-refractivity contribution is -0.139. The van der Waals surface area contributed by atoms with Crippen LogP contribution >= 0.6 is 22.9 Å². The molecule has 0 bridgehead atoms. The fraction of sp³-hybridized carbons (Fsp3) is 0.238. The molecular weight excluding hydrogens is 474 g/mol. The molecule has 2 aromatic carbocycles. The van der Waals surface area contributed by atoms with Crippen LogP contribution in [0, 0.1) is 0 Å². The summed E-state index contributed by atoms with van der Waals surface area (Å²) in [6.45, 7) is 0. The van der Waals surface area contributed by atoms with E-state index in [1.807, 2.05) is 19.0 Å². The van der Waals surface area contributed by atoms with Gasteiger partial charge in [-0.15, -0.1) is 11.3 Å². The van der Waals surface area contributed by atoms with Crippen molar-refractivity contribution in [1.29, 1.82) is 0 Å². The van der Waals surface area contributed by atoms with Crippen LogP contribution in [0.3, 0.4) is 0 Å². The highest BCUT2D eigenvalue weighted by Crippen LogP contribution is 2.35. The Morgan fingerprint density at radius 1 is 1.19 bits per heavy atom. The monoisotopic (exact) mass is 495 g/mol. The van der Waals surface area contributed by atoms with E-state index in [0.29, 0.717) is 26.7 Å². The minimum Gasteiger partial charge on any atom is -0.469 e. The number of halogens is 1. The largest absolute Gasteiger partial charge is 0.469 e. The van der Waals surface area contributed by atoms with Gasteiger partial charge in [-0.3, -0.25) is 9.35 Å². The zero-order chi connectivity index (χ0) is 23.5. The van der Waals surface area contributed by atoms with E-state index < -0.39 is 21.5 Å². The van der Waals surface area contributed by atoms with Crippen molar-refractivity contribution in [2.45, 2.75) is 11.8 Å². The van der Waals surface area contributed by atoms with Crippen molar-refractivity contribution in [3.05, 3.63) is 64.0 Å².